The first-order valence-electron chi connectivity index (χ1n) is 11.4. The smallest absolute Gasteiger partial charge is 0.243 e. The summed E-state index contributed by atoms with van der Waals surface area (Å²) in [5, 5.41) is 19.3. The number of sulfonamides is 1. The number of rotatable bonds is 4. The number of aliphatic hydroxyl groups is 1. The Balaban J connectivity index is 1.63. The molecule has 1 fully saturated rings. The lowest BCUT2D eigenvalue weighted by Crippen LogP contribution is -2.48. The van der Waals surface area contributed by atoms with Crippen molar-refractivity contribution in [2.45, 2.75) is 30.3 Å². The Kier molecular flexibility index (Phi) is 5.68. The zero-order valence-electron chi connectivity index (χ0n) is 19.2. The fourth-order valence-electron chi connectivity index (χ4n) is 5.44. The van der Waals surface area contributed by atoms with Crippen molar-refractivity contribution in [2.24, 2.45) is 5.92 Å². The van der Waals surface area contributed by atoms with Gasteiger partial charge in [-0.2, -0.15) is 9.57 Å². The summed E-state index contributed by atoms with van der Waals surface area (Å²) < 4.78 is 29.1. The number of fused-ring (bicyclic) bond motifs is 3. The van der Waals surface area contributed by atoms with E-state index in [4.69, 9.17) is 5.26 Å². The molecule has 6 nitrogen and oxygen atoms in total. The van der Waals surface area contributed by atoms with Crippen LogP contribution in [0, 0.1) is 24.2 Å². The van der Waals surface area contributed by atoms with Gasteiger partial charge in [-0.1, -0.05) is 35.9 Å². The summed E-state index contributed by atoms with van der Waals surface area (Å²) >= 11 is 0. The van der Waals surface area contributed by atoms with Gasteiger partial charge in [0.05, 0.1) is 35.2 Å². The van der Waals surface area contributed by atoms with E-state index in [2.05, 4.69) is 17.0 Å². The molecule has 3 atom stereocenters. The molecule has 2 heterocycles. The molecule has 0 saturated carbocycles. The van der Waals surface area contributed by atoms with E-state index < -0.39 is 10.0 Å². The molecule has 0 unspecified atom stereocenters. The van der Waals surface area contributed by atoms with Crippen LogP contribution in [0.5, 0.6) is 0 Å². The van der Waals surface area contributed by atoms with Gasteiger partial charge < -0.3 is 10.0 Å². The zero-order chi connectivity index (χ0) is 24.0. The predicted molar refractivity (Wildman–Crippen MR) is 132 cm³/mol. The minimum atomic E-state index is -3.71. The van der Waals surface area contributed by atoms with Crippen molar-refractivity contribution in [3.05, 3.63) is 83.4 Å². The highest BCUT2D eigenvalue weighted by Crippen LogP contribution is 2.51. The second-order valence-corrected chi connectivity index (χ2v) is 11.0. The third kappa shape index (κ3) is 3.59. The van der Waals surface area contributed by atoms with Crippen LogP contribution in [0.4, 0.5) is 5.69 Å². The largest absolute Gasteiger partial charge is 0.394 e. The molecule has 0 aliphatic carbocycles. The van der Waals surface area contributed by atoms with Crippen LogP contribution in [0.1, 0.15) is 29.2 Å². The maximum absolute atomic E-state index is 13.7. The van der Waals surface area contributed by atoms with Crippen molar-refractivity contribution in [1.29, 1.82) is 5.26 Å². The average Bonchev–Trinajstić information content (AvgIpc) is 3.30. The Morgan fingerprint density at radius 3 is 2.35 bits per heavy atom. The van der Waals surface area contributed by atoms with E-state index in [0.717, 1.165) is 27.9 Å². The summed E-state index contributed by atoms with van der Waals surface area (Å²) in [7, 11) is -1.74. The van der Waals surface area contributed by atoms with E-state index in [1.807, 2.05) is 50.4 Å². The van der Waals surface area contributed by atoms with Crippen LogP contribution in [-0.2, 0) is 10.0 Å². The number of hydrogen-bond donors (Lipinski definition) is 1. The second-order valence-electron chi connectivity index (χ2n) is 9.15. The third-order valence-electron chi connectivity index (χ3n) is 7.28. The summed E-state index contributed by atoms with van der Waals surface area (Å²) in [5.41, 5.74) is 5.43. The van der Waals surface area contributed by atoms with Gasteiger partial charge in [0.15, 0.2) is 0 Å². The van der Waals surface area contributed by atoms with E-state index in [1.54, 1.807) is 28.6 Å². The van der Waals surface area contributed by atoms with Crippen molar-refractivity contribution < 1.29 is 13.5 Å². The lowest BCUT2D eigenvalue weighted by Gasteiger charge is -2.44. The van der Waals surface area contributed by atoms with Gasteiger partial charge in [0.2, 0.25) is 10.0 Å². The number of benzene rings is 3. The van der Waals surface area contributed by atoms with Crippen molar-refractivity contribution >= 4 is 15.7 Å². The topological polar surface area (TPSA) is 84.6 Å². The third-order valence-corrected chi connectivity index (χ3v) is 9.17. The molecule has 2 aliphatic rings. The first kappa shape index (κ1) is 22.6. The Morgan fingerprint density at radius 2 is 1.71 bits per heavy atom. The van der Waals surface area contributed by atoms with Crippen LogP contribution in [0.2, 0.25) is 0 Å². The van der Waals surface area contributed by atoms with Gasteiger partial charge >= 0.3 is 0 Å². The van der Waals surface area contributed by atoms with Crippen LogP contribution < -0.4 is 4.90 Å². The van der Waals surface area contributed by atoms with Crippen molar-refractivity contribution in [3.63, 3.8) is 0 Å². The molecule has 0 radical (unpaired) electrons. The van der Waals surface area contributed by atoms with Gasteiger partial charge in [0.1, 0.15) is 0 Å². The fraction of sp³-hybridized carbons (Fsp3) is 0.296. The monoisotopic (exact) mass is 473 g/mol. The molecule has 7 heteroatoms. The van der Waals surface area contributed by atoms with Gasteiger partial charge in [0.25, 0.3) is 0 Å². The minimum Gasteiger partial charge on any atom is -0.394 e. The maximum atomic E-state index is 13.7. The van der Waals surface area contributed by atoms with Gasteiger partial charge in [-0.05, 0) is 66.4 Å². The summed E-state index contributed by atoms with van der Waals surface area (Å²) in [6, 6.07) is 22.1. The number of anilines is 1. The molecule has 0 aromatic heterocycles. The highest BCUT2D eigenvalue weighted by molar-refractivity contribution is 7.89. The van der Waals surface area contributed by atoms with Gasteiger partial charge in [-0.25, -0.2) is 8.42 Å². The van der Waals surface area contributed by atoms with Gasteiger partial charge in [-0.15, -0.1) is 0 Å². The zero-order valence-corrected chi connectivity index (χ0v) is 20.0. The Hall–Kier alpha value is -3.18. The Bertz CT molecular complexity index is 1360. The number of nitrogens with zero attached hydrogens (tertiary/aromatic N) is 3. The molecule has 1 saturated heterocycles. The minimum absolute atomic E-state index is 0.0149. The number of nitriles is 1. The Morgan fingerprint density at radius 1 is 1.03 bits per heavy atom. The highest BCUT2D eigenvalue weighted by atomic mass is 32.2. The van der Waals surface area contributed by atoms with Crippen molar-refractivity contribution in [3.8, 4) is 17.2 Å². The van der Waals surface area contributed by atoms with Crippen molar-refractivity contribution in [2.75, 3.05) is 25.1 Å². The van der Waals surface area contributed by atoms with E-state index in [-0.39, 0.29) is 24.6 Å². The predicted octanol–water partition coefficient (Wildman–Crippen LogP) is 4.10. The molecule has 0 amide bonds. The van der Waals surface area contributed by atoms with Gasteiger partial charge in [0, 0.05) is 25.2 Å². The van der Waals surface area contributed by atoms with Crippen LogP contribution in [-0.4, -0.2) is 44.1 Å². The number of aryl methyl sites for hydroxylation is 1. The molecule has 2 aliphatic heterocycles. The molecule has 0 spiro atoms. The molecular weight excluding hydrogens is 446 g/mol. The number of hydrogen-bond acceptors (Lipinski definition) is 5. The first-order valence-corrected chi connectivity index (χ1v) is 12.9. The summed E-state index contributed by atoms with van der Waals surface area (Å²) in [5.74, 6) is -0.0149. The van der Waals surface area contributed by atoms with Crippen LogP contribution in [0.3, 0.4) is 0 Å². The normalized spacial score (nSPS) is 22.2. The first-order chi connectivity index (χ1) is 16.3. The van der Waals surface area contributed by atoms with E-state index in [9.17, 15) is 13.5 Å². The molecule has 34 heavy (non-hydrogen) atoms. The quantitative estimate of drug-likeness (QED) is 0.617. The SMILES string of the molecule is Cc1ccc(S(=O)(=O)N2CC[C@H]3[C@@H](CO)N(C)c4ccc(-c5ccc(C#N)cc5)cc4[C@H]32)cc1. The highest BCUT2D eigenvalue weighted by Gasteiger charge is 2.50. The molecular formula is C27H27N3O3S. The van der Waals surface area contributed by atoms with Crippen LogP contribution in [0.25, 0.3) is 11.1 Å². The summed E-state index contributed by atoms with van der Waals surface area (Å²) in [6.45, 7) is 2.31. The molecule has 0 bridgehead atoms. The lowest BCUT2D eigenvalue weighted by molar-refractivity contribution is 0.193. The standard InChI is InChI=1S/C27H27N3O3S/c1-18-3-10-22(11-4-18)34(32,33)30-14-13-23-26(17-31)29(2)25-12-9-21(15-24(25)27(23)30)20-7-5-19(16-28)6-8-20/h3-12,15,23,26-27,31H,13-14,17H2,1-2H3/t23-,26+,27-/m0/s1. The van der Waals surface area contributed by atoms with Crippen LogP contribution in [0.15, 0.2) is 71.6 Å². The Labute approximate surface area is 200 Å². The molecule has 1 N–H and O–H groups in total. The summed E-state index contributed by atoms with van der Waals surface area (Å²) in [4.78, 5) is 2.38. The van der Waals surface area contributed by atoms with Crippen LogP contribution >= 0.6 is 0 Å². The lowest BCUT2D eigenvalue weighted by atomic mass is 9.81. The average molecular weight is 474 g/mol. The number of aliphatic hydroxyl groups excluding tert-OH is 1. The molecule has 3 aromatic rings. The summed E-state index contributed by atoms with van der Waals surface area (Å²) in [6.07, 6.45) is 0.686. The van der Waals surface area contributed by atoms with E-state index in [1.165, 1.54) is 0 Å². The number of likely N-dealkylation sites (N-methyl/N-ethyl adjacent to an activating group) is 1. The molecule has 174 valence electrons. The van der Waals surface area contributed by atoms with E-state index in [0.29, 0.717) is 23.4 Å². The fourth-order valence-corrected chi connectivity index (χ4v) is 7.11. The van der Waals surface area contributed by atoms with Crippen molar-refractivity contribution in [1.82, 2.24) is 4.31 Å². The van der Waals surface area contributed by atoms with E-state index >= 15 is 0 Å². The maximum Gasteiger partial charge on any atom is 0.243 e. The van der Waals surface area contributed by atoms with Gasteiger partial charge in [-0.3, -0.25) is 0 Å². The second kappa shape index (κ2) is 8.55. The molecule has 5 rings (SSSR count). The molecule has 3 aromatic carbocycles.